The summed E-state index contributed by atoms with van der Waals surface area (Å²) in [7, 11) is 1.60. The molecule has 1 aliphatic rings. The summed E-state index contributed by atoms with van der Waals surface area (Å²) in [5.74, 6) is -0.0243. The molecule has 2 amide bonds. The van der Waals surface area contributed by atoms with E-state index in [1.165, 1.54) is 11.3 Å². The minimum absolute atomic E-state index is 0.00234. The van der Waals surface area contributed by atoms with Gasteiger partial charge in [0.2, 0.25) is 5.91 Å². The van der Waals surface area contributed by atoms with Crippen molar-refractivity contribution in [1.29, 1.82) is 0 Å². The molecule has 1 aromatic carbocycles. The number of nitrogens with zero attached hydrogens (tertiary/aromatic N) is 3. The number of aromatic nitrogens is 1. The summed E-state index contributed by atoms with van der Waals surface area (Å²) in [4.78, 5) is 34.0. The minimum Gasteiger partial charge on any atom is -0.383 e. The lowest BCUT2D eigenvalue weighted by Crippen LogP contribution is -2.51. The Kier molecular flexibility index (Phi) is 7.60. The van der Waals surface area contributed by atoms with Crippen molar-refractivity contribution < 1.29 is 14.3 Å². The van der Waals surface area contributed by atoms with E-state index < -0.39 is 0 Å². The van der Waals surface area contributed by atoms with E-state index >= 15 is 0 Å². The third-order valence-electron chi connectivity index (χ3n) is 4.72. The van der Waals surface area contributed by atoms with Crippen LogP contribution in [0.5, 0.6) is 0 Å². The van der Waals surface area contributed by atoms with Crippen LogP contribution in [0.3, 0.4) is 0 Å². The highest BCUT2D eigenvalue weighted by atomic mass is 35.5. The first-order valence-corrected chi connectivity index (χ1v) is 10.7. The first-order valence-electron chi connectivity index (χ1n) is 9.48. The number of benzene rings is 1. The number of halogens is 1. The monoisotopic (exact) mass is 436 g/mol. The van der Waals surface area contributed by atoms with E-state index in [-0.39, 0.29) is 11.8 Å². The molecule has 2 heterocycles. The molecular weight excluding hydrogens is 412 g/mol. The molecule has 0 radical (unpaired) electrons. The van der Waals surface area contributed by atoms with Crippen molar-refractivity contribution in [3.05, 3.63) is 39.9 Å². The maximum absolute atomic E-state index is 13.0. The highest BCUT2D eigenvalue weighted by molar-refractivity contribution is 7.17. The summed E-state index contributed by atoms with van der Waals surface area (Å²) in [6, 6.07) is 7.48. The average molecular weight is 437 g/mol. The van der Waals surface area contributed by atoms with E-state index in [1.54, 1.807) is 7.11 Å². The van der Waals surface area contributed by atoms with E-state index in [4.69, 9.17) is 16.3 Å². The van der Waals surface area contributed by atoms with Gasteiger partial charge in [-0.15, -0.1) is 11.3 Å². The molecule has 9 heteroatoms. The van der Waals surface area contributed by atoms with Crippen LogP contribution in [0.25, 0.3) is 10.6 Å². The number of nitrogens with one attached hydrogen (secondary N) is 1. The number of hydrogen-bond donors (Lipinski definition) is 1. The van der Waals surface area contributed by atoms with Gasteiger partial charge < -0.3 is 15.0 Å². The van der Waals surface area contributed by atoms with Crippen molar-refractivity contribution in [3.8, 4) is 10.6 Å². The van der Waals surface area contributed by atoms with Crippen LogP contribution in [0.4, 0.5) is 0 Å². The third kappa shape index (κ3) is 5.76. The zero-order valence-electron chi connectivity index (χ0n) is 16.6. The van der Waals surface area contributed by atoms with Crippen molar-refractivity contribution in [1.82, 2.24) is 20.1 Å². The van der Waals surface area contributed by atoms with E-state index in [0.717, 1.165) is 16.3 Å². The molecular formula is C20H25ClN4O3S. The van der Waals surface area contributed by atoms with E-state index in [1.807, 2.05) is 36.1 Å². The SMILES string of the molecule is COCCNC(=O)CN1CCN(C(=O)c2sc(-c3cccc(Cl)c3)nc2C)CC1. The number of piperazine rings is 1. The Hall–Kier alpha value is -2.00. The standard InChI is InChI=1S/C20H25ClN4O3S/c1-14-18(29-19(23-14)15-4-3-5-16(21)12-15)20(27)25-9-7-24(8-10-25)13-17(26)22-6-11-28-2/h3-5,12H,6-11,13H2,1-2H3,(H,22,26). The quantitative estimate of drug-likeness (QED) is 0.674. The van der Waals surface area contributed by atoms with Gasteiger partial charge in [0.1, 0.15) is 9.88 Å². The van der Waals surface area contributed by atoms with Crippen LogP contribution < -0.4 is 5.32 Å². The van der Waals surface area contributed by atoms with Crippen LogP contribution in [-0.4, -0.2) is 79.6 Å². The topological polar surface area (TPSA) is 74.8 Å². The summed E-state index contributed by atoms with van der Waals surface area (Å²) in [6.07, 6.45) is 0. The maximum Gasteiger partial charge on any atom is 0.265 e. The third-order valence-corrected chi connectivity index (χ3v) is 6.15. The van der Waals surface area contributed by atoms with Crippen molar-refractivity contribution in [2.24, 2.45) is 0 Å². The lowest BCUT2D eigenvalue weighted by molar-refractivity contribution is -0.122. The smallest absolute Gasteiger partial charge is 0.265 e. The van der Waals surface area contributed by atoms with Crippen LogP contribution in [0.15, 0.2) is 24.3 Å². The molecule has 1 fully saturated rings. The molecule has 1 saturated heterocycles. The second kappa shape index (κ2) is 10.2. The minimum atomic E-state index is -0.0220. The molecule has 1 aromatic heterocycles. The molecule has 0 unspecified atom stereocenters. The fourth-order valence-electron chi connectivity index (χ4n) is 3.14. The van der Waals surface area contributed by atoms with Crippen LogP contribution in [0.2, 0.25) is 5.02 Å². The van der Waals surface area contributed by atoms with Gasteiger partial charge in [0.25, 0.3) is 5.91 Å². The molecule has 3 rings (SSSR count). The number of methoxy groups -OCH3 is 1. The van der Waals surface area contributed by atoms with Gasteiger partial charge in [-0.05, 0) is 19.1 Å². The molecule has 7 nitrogen and oxygen atoms in total. The molecule has 29 heavy (non-hydrogen) atoms. The van der Waals surface area contributed by atoms with Crippen LogP contribution in [-0.2, 0) is 9.53 Å². The first-order chi connectivity index (χ1) is 14.0. The van der Waals surface area contributed by atoms with Gasteiger partial charge >= 0.3 is 0 Å². The summed E-state index contributed by atoms with van der Waals surface area (Å²) < 4.78 is 4.93. The highest BCUT2D eigenvalue weighted by Crippen LogP contribution is 2.30. The summed E-state index contributed by atoms with van der Waals surface area (Å²) in [5, 5.41) is 4.25. The normalized spacial score (nSPS) is 14.8. The van der Waals surface area contributed by atoms with Gasteiger partial charge in [0.05, 0.1) is 18.8 Å². The second-order valence-corrected chi connectivity index (χ2v) is 8.29. The van der Waals surface area contributed by atoms with Gasteiger partial charge in [-0.25, -0.2) is 4.98 Å². The Balaban J connectivity index is 1.56. The predicted molar refractivity (Wildman–Crippen MR) is 115 cm³/mol. The number of aryl methyl sites for hydroxylation is 1. The van der Waals surface area contributed by atoms with Crippen LogP contribution in [0.1, 0.15) is 15.4 Å². The van der Waals surface area contributed by atoms with Crippen LogP contribution in [0, 0.1) is 6.92 Å². The second-order valence-electron chi connectivity index (χ2n) is 6.86. The molecule has 2 aromatic rings. The van der Waals surface area contributed by atoms with E-state index in [2.05, 4.69) is 15.2 Å². The van der Waals surface area contributed by atoms with Gasteiger partial charge in [0.15, 0.2) is 0 Å². The van der Waals surface area contributed by atoms with Crippen molar-refractivity contribution >= 4 is 34.8 Å². The van der Waals surface area contributed by atoms with E-state index in [0.29, 0.717) is 55.8 Å². The highest BCUT2D eigenvalue weighted by Gasteiger charge is 2.26. The van der Waals surface area contributed by atoms with E-state index in [9.17, 15) is 9.59 Å². The average Bonchev–Trinajstić information content (AvgIpc) is 3.10. The first kappa shape index (κ1) is 21.7. The predicted octanol–water partition coefficient (Wildman–Crippen LogP) is 2.29. The number of hydrogen-bond acceptors (Lipinski definition) is 6. The Morgan fingerprint density at radius 1 is 1.28 bits per heavy atom. The number of thiazole rings is 1. The summed E-state index contributed by atoms with van der Waals surface area (Å²) in [6.45, 7) is 5.72. The molecule has 0 aliphatic carbocycles. The fourth-order valence-corrected chi connectivity index (χ4v) is 4.36. The molecule has 0 saturated carbocycles. The number of carbonyl (C=O) groups excluding carboxylic acids is 2. The summed E-state index contributed by atoms with van der Waals surface area (Å²) in [5.41, 5.74) is 1.64. The van der Waals surface area contributed by atoms with Crippen molar-refractivity contribution in [3.63, 3.8) is 0 Å². The van der Waals surface area contributed by atoms with Gasteiger partial charge in [-0.1, -0.05) is 23.7 Å². The molecule has 0 bridgehead atoms. The fraction of sp³-hybridized carbons (Fsp3) is 0.450. The van der Waals surface area contributed by atoms with Gasteiger partial charge in [-0.3, -0.25) is 14.5 Å². The molecule has 0 atom stereocenters. The number of amides is 2. The number of ether oxygens (including phenoxy) is 1. The van der Waals surface area contributed by atoms with Gasteiger partial charge in [0, 0.05) is 50.4 Å². The number of rotatable bonds is 7. The zero-order valence-corrected chi connectivity index (χ0v) is 18.2. The van der Waals surface area contributed by atoms with Gasteiger partial charge in [-0.2, -0.15) is 0 Å². The van der Waals surface area contributed by atoms with Crippen LogP contribution >= 0.6 is 22.9 Å². The zero-order chi connectivity index (χ0) is 20.8. The maximum atomic E-state index is 13.0. The molecule has 156 valence electrons. The van der Waals surface area contributed by atoms with Crippen molar-refractivity contribution in [2.75, 3.05) is 53.0 Å². The Bertz CT molecular complexity index is 865. The molecule has 1 N–H and O–H groups in total. The molecule has 1 aliphatic heterocycles. The Labute approximate surface area is 179 Å². The Morgan fingerprint density at radius 2 is 2.03 bits per heavy atom. The summed E-state index contributed by atoms with van der Waals surface area (Å²) >= 11 is 7.47. The van der Waals surface area contributed by atoms with Crippen molar-refractivity contribution in [2.45, 2.75) is 6.92 Å². The Morgan fingerprint density at radius 3 is 2.72 bits per heavy atom. The lowest BCUT2D eigenvalue weighted by Gasteiger charge is -2.34. The lowest BCUT2D eigenvalue weighted by atomic mass is 10.2. The largest absolute Gasteiger partial charge is 0.383 e. The number of carbonyl (C=O) groups is 2. The molecule has 0 spiro atoms.